The van der Waals surface area contributed by atoms with Gasteiger partial charge in [-0.3, -0.25) is 4.68 Å². The van der Waals surface area contributed by atoms with Crippen molar-refractivity contribution in [1.82, 2.24) is 25.0 Å². The molecule has 0 spiro atoms. The van der Waals surface area contributed by atoms with Gasteiger partial charge in [-0.05, 0) is 19.1 Å². The number of nitrogens with zero attached hydrogens (tertiary/aromatic N) is 5. The summed E-state index contributed by atoms with van der Waals surface area (Å²) in [7, 11) is 1.85. The lowest BCUT2D eigenvalue weighted by atomic mass is 10.1. The fraction of sp³-hybridized carbons (Fsp3) is 0.526. The summed E-state index contributed by atoms with van der Waals surface area (Å²) in [4.78, 5) is 10.3. The monoisotopic (exact) mass is 426 g/mol. The Balaban J connectivity index is 1.61. The van der Waals surface area contributed by atoms with Crippen molar-refractivity contribution in [1.29, 1.82) is 0 Å². The smallest absolute Gasteiger partial charge is 0.421 e. The number of alkyl halides is 3. The van der Waals surface area contributed by atoms with E-state index in [4.69, 9.17) is 9.47 Å². The van der Waals surface area contributed by atoms with Crippen LogP contribution in [0.1, 0.15) is 24.2 Å². The van der Waals surface area contributed by atoms with E-state index in [1.54, 1.807) is 10.9 Å². The lowest BCUT2D eigenvalue weighted by molar-refractivity contribution is -0.139. The van der Waals surface area contributed by atoms with Gasteiger partial charge in [0, 0.05) is 38.1 Å². The molecule has 1 N–H and O–H groups in total. The molecule has 3 heterocycles. The zero-order valence-electron chi connectivity index (χ0n) is 16.9. The SMILES string of the molecule is CCNC(=NCCOc1ncccc1C(F)(F)F)N1CCOC(c2cnn(C)c2)C1. The molecule has 1 aliphatic heterocycles. The molecule has 0 amide bonds. The van der Waals surface area contributed by atoms with Crippen molar-refractivity contribution in [3.63, 3.8) is 0 Å². The summed E-state index contributed by atoms with van der Waals surface area (Å²) in [6, 6.07) is 2.18. The van der Waals surface area contributed by atoms with Crippen molar-refractivity contribution in [2.45, 2.75) is 19.2 Å². The highest BCUT2D eigenvalue weighted by molar-refractivity contribution is 5.80. The first-order valence-corrected chi connectivity index (χ1v) is 9.67. The molecule has 1 unspecified atom stereocenters. The van der Waals surface area contributed by atoms with Gasteiger partial charge in [-0.25, -0.2) is 9.98 Å². The number of aromatic nitrogens is 3. The lowest BCUT2D eigenvalue weighted by Gasteiger charge is -2.34. The van der Waals surface area contributed by atoms with Gasteiger partial charge in [0.1, 0.15) is 18.3 Å². The maximum absolute atomic E-state index is 13.0. The minimum atomic E-state index is -4.52. The van der Waals surface area contributed by atoms with Crippen LogP contribution in [-0.4, -0.2) is 65.0 Å². The summed E-state index contributed by atoms with van der Waals surface area (Å²) in [5, 5.41) is 7.39. The number of pyridine rings is 1. The van der Waals surface area contributed by atoms with Gasteiger partial charge in [0.15, 0.2) is 5.96 Å². The first-order chi connectivity index (χ1) is 14.4. The summed E-state index contributed by atoms with van der Waals surface area (Å²) in [6.07, 6.45) is 0.311. The number of rotatable bonds is 6. The van der Waals surface area contributed by atoms with Gasteiger partial charge in [0.05, 0.1) is 25.9 Å². The van der Waals surface area contributed by atoms with Gasteiger partial charge in [0.2, 0.25) is 5.88 Å². The van der Waals surface area contributed by atoms with Crippen molar-refractivity contribution in [2.75, 3.05) is 39.4 Å². The van der Waals surface area contributed by atoms with E-state index in [9.17, 15) is 13.2 Å². The summed E-state index contributed by atoms with van der Waals surface area (Å²) in [5.41, 5.74) is 0.0876. The van der Waals surface area contributed by atoms with E-state index in [0.717, 1.165) is 11.6 Å². The largest absolute Gasteiger partial charge is 0.475 e. The minimum Gasteiger partial charge on any atom is -0.475 e. The van der Waals surface area contributed by atoms with E-state index < -0.39 is 17.6 Å². The fourth-order valence-electron chi connectivity index (χ4n) is 3.09. The Bertz CT molecular complexity index is 855. The molecule has 0 saturated carbocycles. The maximum Gasteiger partial charge on any atom is 0.421 e. The summed E-state index contributed by atoms with van der Waals surface area (Å²) >= 11 is 0. The lowest BCUT2D eigenvalue weighted by Crippen LogP contribution is -2.48. The third-order valence-corrected chi connectivity index (χ3v) is 4.47. The van der Waals surface area contributed by atoms with Gasteiger partial charge in [-0.2, -0.15) is 18.3 Å². The van der Waals surface area contributed by atoms with Gasteiger partial charge >= 0.3 is 6.18 Å². The molecule has 1 saturated heterocycles. The van der Waals surface area contributed by atoms with Crippen LogP contribution in [0.15, 0.2) is 35.7 Å². The van der Waals surface area contributed by atoms with Gasteiger partial charge in [-0.1, -0.05) is 0 Å². The first kappa shape index (κ1) is 21.9. The van der Waals surface area contributed by atoms with Crippen molar-refractivity contribution in [2.24, 2.45) is 12.0 Å². The van der Waals surface area contributed by atoms with Crippen LogP contribution in [0.3, 0.4) is 0 Å². The maximum atomic E-state index is 13.0. The van der Waals surface area contributed by atoms with E-state index in [1.165, 1.54) is 12.3 Å². The minimum absolute atomic E-state index is 0.0225. The Morgan fingerprint density at radius 3 is 2.97 bits per heavy atom. The number of aryl methyl sites for hydroxylation is 1. The Hall–Kier alpha value is -2.82. The number of morpholine rings is 1. The number of halogens is 3. The zero-order chi connectivity index (χ0) is 21.6. The van der Waals surface area contributed by atoms with Crippen LogP contribution in [0.25, 0.3) is 0 Å². The highest BCUT2D eigenvalue weighted by Gasteiger charge is 2.35. The van der Waals surface area contributed by atoms with E-state index >= 15 is 0 Å². The normalized spacial score (nSPS) is 17.8. The average Bonchev–Trinajstić information content (AvgIpc) is 3.16. The zero-order valence-corrected chi connectivity index (χ0v) is 16.9. The number of guanidine groups is 1. The van der Waals surface area contributed by atoms with Gasteiger partial charge in [0.25, 0.3) is 0 Å². The van der Waals surface area contributed by atoms with Gasteiger partial charge < -0.3 is 19.7 Å². The third kappa shape index (κ3) is 5.62. The molecule has 164 valence electrons. The first-order valence-electron chi connectivity index (χ1n) is 9.67. The number of ether oxygens (including phenoxy) is 2. The Labute approximate surface area is 172 Å². The van der Waals surface area contributed by atoms with Crippen LogP contribution < -0.4 is 10.1 Å². The Morgan fingerprint density at radius 2 is 2.27 bits per heavy atom. The molecule has 2 aromatic rings. The quantitative estimate of drug-likeness (QED) is 0.434. The van der Waals surface area contributed by atoms with Crippen LogP contribution >= 0.6 is 0 Å². The molecule has 0 aromatic carbocycles. The summed E-state index contributed by atoms with van der Waals surface area (Å²) in [6.45, 7) is 4.56. The second-order valence-corrected chi connectivity index (χ2v) is 6.69. The predicted octanol–water partition coefficient (Wildman–Crippen LogP) is 2.25. The van der Waals surface area contributed by atoms with Crippen molar-refractivity contribution in [3.05, 3.63) is 41.9 Å². The molecular weight excluding hydrogens is 401 g/mol. The van der Waals surface area contributed by atoms with Crippen LogP contribution in [0.2, 0.25) is 0 Å². The molecule has 8 nitrogen and oxygen atoms in total. The molecule has 0 bridgehead atoms. The number of hydrogen-bond acceptors (Lipinski definition) is 5. The van der Waals surface area contributed by atoms with E-state index in [2.05, 4.69) is 25.3 Å². The van der Waals surface area contributed by atoms with E-state index in [-0.39, 0.29) is 19.3 Å². The molecule has 1 aliphatic rings. The molecule has 3 rings (SSSR count). The molecule has 2 aromatic heterocycles. The van der Waals surface area contributed by atoms with Crippen molar-refractivity contribution >= 4 is 5.96 Å². The summed E-state index contributed by atoms with van der Waals surface area (Å²) in [5.74, 6) is 0.226. The van der Waals surface area contributed by atoms with Crippen LogP contribution in [0.4, 0.5) is 13.2 Å². The fourth-order valence-corrected chi connectivity index (χ4v) is 3.09. The van der Waals surface area contributed by atoms with Crippen LogP contribution in [0.5, 0.6) is 5.88 Å². The van der Waals surface area contributed by atoms with Gasteiger partial charge in [-0.15, -0.1) is 0 Å². The topological polar surface area (TPSA) is 76.8 Å². The molecule has 0 radical (unpaired) electrons. The van der Waals surface area contributed by atoms with Crippen molar-refractivity contribution in [3.8, 4) is 5.88 Å². The predicted molar refractivity (Wildman–Crippen MR) is 104 cm³/mol. The molecule has 1 atom stereocenters. The standard InChI is InChI=1S/C19H25F3N6O2/c1-3-23-18(28-8-10-29-16(13-28)14-11-26-27(2)12-14)25-7-9-30-17-15(19(20,21)22)5-4-6-24-17/h4-6,11-12,16H,3,7-10,13H2,1-2H3,(H,23,25). The molecule has 30 heavy (non-hydrogen) atoms. The number of hydrogen-bond donors (Lipinski definition) is 1. The Morgan fingerprint density at radius 1 is 1.43 bits per heavy atom. The highest BCUT2D eigenvalue weighted by Crippen LogP contribution is 2.34. The molecule has 11 heteroatoms. The average molecular weight is 426 g/mol. The molecule has 1 fully saturated rings. The molecular formula is C19H25F3N6O2. The van der Waals surface area contributed by atoms with Crippen molar-refractivity contribution < 1.29 is 22.6 Å². The van der Waals surface area contributed by atoms with E-state index in [1.807, 2.05) is 20.2 Å². The van der Waals surface area contributed by atoms with E-state index in [0.29, 0.717) is 32.2 Å². The second kappa shape index (κ2) is 9.79. The number of aliphatic imine (C=N–C) groups is 1. The summed E-state index contributed by atoms with van der Waals surface area (Å²) < 4.78 is 51.9. The second-order valence-electron chi connectivity index (χ2n) is 6.69. The highest BCUT2D eigenvalue weighted by atomic mass is 19.4. The Kier molecular flexibility index (Phi) is 7.14. The number of nitrogens with one attached hydrogen (secondary N) is 1. The van der Waals surface area contributed by atoms with Crippen LogP contribution in [0, 0.1) is 0 Å². The van der Waals surface area contributed by atoms with Crippen LogP contribution in [-0.2, 0) is 18.0 Å². The third-order valence-electron chi connectivity index (χ3n) is 4.47. The molecule has 0 aliphatic carbocycles.